The number of piperidine rings is 1. The first kappa shape index (κ1) is 16.1. The van der Waals surface area contributed by atoms with Gasteiger partial charge < -0.3 is 15.1 Å². The Morgan fingerprint density at radius 2 is 1.84 bits per heavy atom. The molecule has 0 aromatic heterocycles. The Balaban J connectivity index is 2.40. The Labute approximate surface area is 121 Å². The number of amides is 3. The number of nitrogens with one attached hydrogen (secondary N) is 1. The molecule has 110 valence electrons. The molecule has 6 heteroatoms. The maximum Gasteiger partial charge on any atom is 0.319 e. The summed E-state index contributed by atoms with van der Waals surface area (Å²) in [6.45, 7) is 7.40. The second-order valence-corrected chi connectivity index (χ2v) is 5.18. The number of thiol groups is 1. The van der Waals surface area contributed by atoms with E-state index in [1.54, 1.807) is 0 Å². The van der Waals surface area contributed by atoms with Crippen LogP contribution in [-0.2, 0) is 4.79 Å². The predicted octanol–water partition coefficient (Wildman–Crippen LogP) is 1.21. The van der Waals surface area contributed by atoms with Crippen molar-refractivity contribution < 1.29 is 9.59 Å². The van der Waals surface area contributed by atoms with E-state index in [0.29, 0.717) is 25.4 Å². The highest BCUT2D eigenvalue weighted by Crippen LogP contribution is 2.18. The molecule has 0 radical (unpaired) electrons. The Kier molecular flexibility index (Phi) is 7.05. The summed E-state index contributed by atoms with van der Waals surface area (Å²) in [6, 6.07) is 0.0965. The lowest BCUT2D eigenvalue weighted by atomic mass is 9.96. The fraction of sp³-hybridized carbons (Fsp3) is 0.846. The van der Waals surface area contributed by atoms with Gasteiger partial charge in [0.05, 0.1) is 0 Å². The van der Waals surface area contributed by atoms with Gasteiger partial charge in [-0.25, -0.2) is 4.79 Å². The maximum absolute atomic E-state index is 12.2. The van der Waals surface area contributed by atoms with Crippen LogP contribution < -0.4 is 5.32 Å². The van der Waals surface area contributed by atoms with Crippen LogP contribution in [-0.4, -0.2) is 60.2 Å². The van der Waals surface area contributed by atoms with Gasteiger partial charge in [0.25, 0.3) is 0 Å². The SMILES string of the molecule is CCN(CC)C(=O)N1CCC(C(=O)NCCS)CC1. The highest BCUT2D eigenvalue weighted by molar-refractivity contribution is 7.80. The molecule has 0 aromatic carbocycles. The van der Waals surface area contributed by atoms with Crippen LogP contribution in [0.5, 0.6) is 0 Å². The van der Waals surface area contributed by atoms with Gasteiger partial charge in [0.1, 0.15) is 0 Å². The van der Waals surface area contributed by atoms with Crippen LogP contribution in [0.25, 0.3) is 0 Å². The number of urea groups is 1. The molecule has 1 aliphatic heterocycles. The molecule has 3 amide bonds. The lowest BCUT2D eigenvalue weighted by Crippen LogP contribution is -2.48. The normalized spacial score (nSPS) is 16.3. The fourth-order valence-corrected chi connectivity index (χ4v) is 2.46. The van der Waals surface area contributed by atoms with Gasteiger partial charge in [0.2, 0.25) is 5.91 Å². The van der Waals surface area contributed by atoms with Gasteiger partial charge in [0.15, 0.2) is 0 Å². The molecule has 0 unspecified atom stereocenters. The summed E-state index contributed by atoms with van der Waals surface area (Å²) in [4.78, 5) is 27.6. The van der Waals surface area contributed by atoms with Gasteiger partial charge in [-0.1, -0.05) is 0 Å². The summed E-state index contributed by atoms with van der Waals surface area (Å²) in [5.74, 6) is 0.801. The van der Waals surface area contributed by atoms with Crippen molar-refractivity contribution in [2.75, 3.05) is 38.5 Å². The number of hydrogen-bond acceptors (Lipinski definition) is 3. The summed E-state index contributed by atoms with van der Waals surface area (Å²) in [5.41, 5.74) is 0. The molecule has 1 saturated heterocycles. The average molecular weight is 287 g/mol. The van der Waals surface area contributed by atoms with Crippen LogP contribution in [0, 0.1) is 5.92 Å². The quantitative estimate of drug-likeness (QED) is 0.747. The van der Waals surface area contributed by atoms with Crippen LogP contribution >= 0.6 is 12.6 Å². The molecule has 1 N–H and O–H groups in total. The molecule has 1 rings (SSSR count). The van der Waals surface area contributed by atoms with E-state index in [2.05, 4.69) is 17.9 Å². The minimum absolute atomic E-state index is 0.0423. The van der Waals surface area contributed by atoms with Crippen LogP contribution in [0.2, 0.25) is 0 Å². The lowest BCUT2D eigenvalue weighted by molar-refractivity contribution is -0.126. The number of carbonyl (C=O) groups is 2. The monoisotopic (exact) mass is 287 g/mol. The second kappa shape index (κ2) is 8.30. The molecule has 0 bridgehead atoms. The Hall–Kier alpha value is -0.910. The number of carbonyl (C=O) groups excluding carboxylic acids is 2. The van der Waals surface area contributed by atoms with Crippen LogP contribution in [0.15, 0.2) is 0 Å². The van der Waals surface area contributed by atoms with Crippen molar-refractivity contribution in [2.45, 2.75) is 26.7 Å². The van der Waals surface area contributed by atoms with Crippen LogP contribution in [0.4, 0.5) is 4.79 Å². The highest BCUT2D eigenvalue weighted by atomic mass is 32.1. The first-order valence-electron chi connectivity index (χ1n) is 7.06. The zero-order chi connectivity index (χ0) is 14.3. The molecule has 5 nitrogen and oxygen atoms in total. The van der Waals surface area contributed by atoms with Crippen molar-refractivity contribution >= 4 is 24.6 Å². The van der Waals surface area contributed by atoms with Crippen molar-refractivity contribution in [3.63, 3.8) is 0 Å². The third-order valence-electron chi connectivity index (χ3n) is 3.58. The zero-order valence-electron chi connectivity index (χ0n) is 11.9. The van der Waals surface area contributed by atoms with E-state index in [4.69, 9.17) is 0 Å². The standard InChI is InChI=1S/C13H25N3O2S/c1-3-15(4-2)13(18)16-8-5-11(6-9-16)12(17)14-7-10-19/h11,19H,3-10H2,1-2H3,(H,14,17). The van der Waals surface area contributed by atoms with E-state index in [1.807, 2.05) is 23.6 Å². The summed E-state index contributed by atoms with van der Waals surface area (Å²) >= 11 is 4.07. The Bertz CT molecular complexity index is 300. The van der Waals surface area contributed by atoms with E-state index < -0.39 is 0 Å². The average Bonchev–Trinajstić information content (AvgIpc) is 2.46. The van der Waals surface area contributed by atoms with E-state index in [0.717, 1.165) is 25.9 Å². The first-order chi connectivity index (χ1) is 9.13. The first-order valence-corrected chi connectivity index (χ1v) is 7.69. The van der Waals surface area contributed by atoms with Crippen molar-refractivity contribution in [3.8, 4) is 0 Å². The fourth-order valence-electron chi connectivity index (χ4n) is 2.35. The number of nitrogens with zero attached hydrogens (tertiary/aromatic N) is 2. The van der Waals surface area contributed by atoms with Gasteiger partial charge >= 0.3 is 6.03 Å². The van der Waals surface area contributed by atoms with E-state index in [9.17, 15) is 9.59 Å². The largest absolute Gasteiger partial charge is 0.355 e. The lowest BCUT2D eigenvalue weighted by Gasteiger charge is -2.34. The van der Waals surface area contributed by atoms with E-state index in [1.165, 1.54) is 0 Å². The van der Waals surface area contributed by atoms with Gasteiger partial charge in [-0.2, -0.15) is 12.6 Å². The topological polar surface area (TPSA) is 52.7 Å². The molecular formula is C13H25N3O2S. The van der Waals surface area contributed by atoms with E-state index >= 15 is 0 Å². The Morgan fingerprint density at radius 3 is 2.32 bits per heavy atom. The van der Waals surface area contributed by atoms with Gasteiger partial charge in [0, 0.05) is 44.4 Å². The van der Waals surface area contributed by atoms with Crippen molar-refractivity contribution in [1.29, 1.82) is 0 Å². The van der Waals surface area contributed by atoms with Crippen LogP contribution in [0.3, 0.4) is 0 Å². The summed E-state index contributed by atoms with van der Waals surface area (Å²) < 4.78 is 0. The molecule has 0 spiro atoms. The molecule has 19 heavy (non-hydrogen) atoms. The second-order valence-electron chi connectivity index (χ2n) is 4.73. The van der Waals surface area contributed by atoms with Crippen molar-refractivity contribution in [3.05, 3.63) is 0 Å². The summed E-state index contributed by atoms with van der Waals surface area (Å²) in [7, 11) is 0. The van der Waals surface area contributed by atoms with Crippen molar-refractivity contribution in [2.24, 2.45) is 5.92 Å². The molecule has 1 heterocycles. The summed E-state index contributed by atoms with van der Waals surface area (Å²) in [6.07, 6.45) is 1.51. The van der Waals surface area contributed by atoms with Crippen LogP contribution in [0.1, 0.15) is 26.7 Å². The molecule has 0 atom stereocenters. The molecule has 0 aliphatic carbocycles. The smallest absolute Gasteiger partial charge is 0.319 e. The Morgan fingerprint density at radius 1 is 1.26 bits per heavy atom. The third kappa shape index (κ3) is 4.60. The van der Waals surface area contributed by atoms with Gasteiger partial charge in [-0.15, -0.1) is 0 Å². The minimum atomic E-state index is 0.0423. The molecule has 0 aromatic rings. The van der Waals surface area contributed by atoms with Gasteiger partial charge in [-0.3, -0.25) is 4.79 Å². The van der Waals surface area contributed by atoms with Crippen molar-refractivity contribution in [1.82, 2.24) is 15.1 Å². The maximum atomic E-state index is 12.2. The zero-order valence-corrected chi connectivity index (χ0v) is 12.8. The predicted molar refractivity (Wildman–Crippen MR) is 79.5 cm³/mol. The number of rotatable bonds is 5. The minimum Gasteiger partial charge on any atom is -0.355 e. The third-order valence-corrected chi connectivity index (χ3v) is 3.80. The molecular weight excluding hydrogens is 262 g/mol. The molecule has 0 saturated carbocycles. The highest BCUT2D eigenvalue weighted by Gasteiger charge is 2.28. The summed E-state index contributed by atoms with van der Waals surface area (Å²) in [5, 5.41) is 2.86. The molecule has 1 fully saturated rings. The molecule has 1 aliphatic rings. The van der Waals surface area contributed by atoms with E-state index in [-0.39, 0.29) is 17.9 Å². The number of likely N-dealkylation sites (tertiary alicyclic amines) is 1. The van der Waals surface area contributed by atoms with Gasteiger partial charge in [-0.05, 0) is 26.7 Å². The number of hydrogen-bond donors (Lipinski definition) is 2.